The molecule has 0 N–H and O–H groups in total. The highest BCUT2D eigenvalue weighted by Gasteiger charge is 2.55. The fourth-order valence-corrected chi connectivity index (χ4v) is 6.27. The Kier molecular flexibility index (Phi) is 4.43. The summed E-state index contributed by atoms with van der Waals surface area (Å²) < 4.78 is 44.7. The second-order valence-corrected chi connectivity index (χ2v) is 10.5. The summed E-state index contributed by atoms with van der Waals surface area (Å²) in [5.74, 6) is 1.64. The van der Waals surface area contributed by atoms with Gasteiger partial charge in [-0.15, -0.1) is 0 Å². The third-order valence-electron chi connectivity index (χ3n) is 6.43. The van der Waals surface area contributed by atoms with E-state index in [1.54, 1.807) is 24.3 Å². The Morgan fingerprint density at radius 1 is 0.735 bits per heavy atom. The van der Waals surface area contributed by atoms with Crippen LogP contribution in [0.15, 0.2) is 102 Å². The minimum Gasteiger partial charge on any atom is -0.483 e. The maximum atomic E-state index is 13.1. The van der Waals surface area contributed by atoms with Gasteiger partial charge in [0.05, 0.1) is 0 Å². The van der Waals surface area contributed by atoms with Crippen molar-refractivity contribution in [3.63, 3.8) is 0 Å². The van der Waals surface area contributed by atoms with Crippen LogP contribution in [-0.4, -0.2) is 8.42 Å². The van der Waals surface area contributed by atoms with Gasteiger partial charge in [-0.3, -0.25) is 0 Å². The summed E-state index contributed by atoms with van der Waals surface area (Å²) >= 11 is 0. The highest BCUT2D eigenvalue weighted by Crippen LogP contribution is 2.58. The molecule has 0 saturated carbocycles. The number of rotatable bonds is 3. The van der Waals surface area contributed by atoms with E-state index in [0.717, 1.165) is 5.56 Å². The maximum Gasteiger partial charge on any atom is 0.298 e. The number of benzene rings is 4. The van der Waals surface area contributed by atoms with E-state index in [4.69, 9.17) is 13.7 Å². The molecular formula is C28H22O5S. The molecule has 34 heavy (non-hydrogen) atoms. The lowest BCUT2D eigenvalue weighted by Crippen LogP contribution is -2.33. The van der Waals surface area contributed by atoms with Crippen molar-refractivity contribution >= 4 is 10.1 Å². The van der Waals surface area contributed by atoms with Gasteiger partial charge in [-0.25, -0.2) is 4.18 Å². The lowest BCUT2D eigenvalue weighted by Gasteiger charge is -2.36. The third kappa shape index (κ3) is 2.99. The van der Waals surface area contributed by atoms with Gasteiger partial charge in [-0.1, -0.05) is 66.7 Å². The molecule has 2 aliphatic rings. The van der Waals surface area contributed by atoms with E-state index >= 15 is 0 Å². The van der Waals surface area contributed by atoms with E-state index in [2.05, 4.69) is 0 Å². The Balaban J connectivity index is 1.52. The van der Waals surface area contributed by atoms with Crippen LogP contribution >= 0.6 is 0 Å². The molecule has 0 amide bonds. The van der Waals surface area contributed by atoms with Crippen molar-refractivity contribution in [1.29, 1.82) is 0 Å². The van der Waals surface area contributed by atoms with E-state index in [0.29, 0.717) is 33.9 Å². The Morgan fingerprint density at radius 3 is 2.18 bits per heavy atom. The van der Waals surface area contributed by atoms with Crippen molar-refractivity contribution in [3.05, 3.63) is 119 Å². The summed E-state index contributed by atoms with van der Waals surface area (Å²) in [5.41, 5.74) is 0.964. The Bertz CT molecular complexity index is 1530. The highest BCUT2D eigenvalue weighted by molar-refractivity contribution is 7.87. The molecular weight excluding hydrogens is 448 g/mol. The largest absolute Gasteiger partial charge is 0.483 e. The van der Waals surface area contributed by atoms with Gasteiger partial charge in [0.25, 0.3) is 10.1 Å². The number of ether oxygens (including phenoxy) is 2. The molecule has 170 valence electrons. The second-order valence-electron chi connectivity index (χ2n) is 8.95. The first-order valence-corrected chi connectivity index (χ1v) is 12.4. The van der Waals surface area contributed by atoms with Gasteiger partial charge in [0.2, 0.25) is 0 Å². The summed E-state index contributed by atoms with van der Waals surface area (Å²) in [6, 6.07) is 29.7. The minimum absolute atomic E-state index is 0.170. The van der Waals surface area contributed by atoms with Crippen molar-refractivity contribution in [1.82, 2.24) is 0 Å². The predicted molar refractivity (Wildman–Crippen MR) is 128 cm³/mol. The molecule has 0 saturated heterocycles. The minimum atomic E-state index is -3.96. The van der Waals surface area contributed by atoms with Gasteiger partial charge in [0.1, 0.15) is 27.7 Å². The van der Waals surface area contributed by atoms with Crippen LogP contribution < -0.4 is 9.47 Å². The van der Waals surface area contributed by atoms with Crippen LogP contribution in [0.4, 0.5) is 0 Å². The fraction of sp³-hybridized carbons (Fsp3) is 0.143. The van der Waals surface area contributed by atoms with E-state index < -0.39 is 21.3 Å². The van der Waals surface area contributed by atoms with Crippen molar-refractivity contribution < 1.29 is 22.1 Å². The lowest BCUT2D eigenvalue weighted by atomic mass is 9.78. The van der Waals surface area contributed by atoms with Crippen LogP contribution in [0.2, 0.25) is 0 Å². The van der Waals surface area contributed by atoms with Crippen LogP contribution in [-0.2, 0) is 25.5 Å². The van der Waals surface area contributed by atoms with E-state index in [1.165, 1.54) is 0 Å². The van der Waals surface area contributed by atoms with E-state index in [1.807, 2.05) is 86.6 Å². The van der Waals surface area contributed by atoms with Crippen LogP contribution in [0.5, 0.6) is 17.2 Å². The quantitative estimate of drug-likeness (QED) is 0.338. The van der Waals surface area contributed by atoms with Crippen molar-refractivity contribution in [2.24, 2.45) is 0 Å². The predicted octanol–water partition coefficient (Wildman–Crippen LogP) is 6.12. The molecule has 5 nitrogen and oxygen atoms in total. The Morgan fingerprint density at radius 2 is 1.38 bits per heavy atom. The van der Waals surface area contributed by atoms with E-state index in [-0.39, 0.29) is 4.90 Å². The van der Waals surface area contributed by atoms with Gasteiger partial charge in [-0.2, -0.15) is 8.42 Å². The molecule has 2 aliphatic heterocycles. The van der Waals surface area contributed by atoms with Crippen LogP contribution in [0.1, 0.15) is 36.1 Å². The number of hydrogen-bond acceptors (Lipinski definition) is 5. The zero-order valence-electron chi connectivity index (χ0n) is 18.7. The van der Waals surface area contributed by atoms with Crippen LogP contribution in [0.3, 0.4) is 0 Å². The number of hydrogen-bond donors (Lipinski definition) is 0. The molecule has 0 bridgehead atoms. The zero-order valence-corrected chi connectivity index (χ0v) is 19.5. The van der Waals surface area contributed by atoms with Gasteiger partial charge in [0.15, 0.2) is 5.60 Å². The van der Waals surface area contributed by atoms with Crippen molar-refractivity contribution in [3.8, 4) is 17.2 Å². The lowest BCUT2D eigenvalue weighted by molar-refractivity contribution is 0.108. The standard InChI is InChI=1S/C28H22O5S/c1-27(2,19-10-4-3-5-11-19)32-20-16-17-22-25(18-20)31-24-14-8-6-12-21(24)28(22)23-13-7-9-15-26(23)34(29,30)33-28/h3-18H,1-2H3. The summed E-state index contributed by atoms with van der Waals surface area (Å²) in [5, 5.41) is 0. The normalized spacial score (nSPS) is 19.6. The summed E-state index contributed by atoms with van der Waals surface area (Å²) in [7, 11) is -3.96. The molecule has 0 fully saturated rings. The summed E-state index contributed by atoms with van der Waals surface area (Å²) in [4.78, 5) is 0.170. The molecule has 4 aromatic carbocycles. The Hall–Kier alpha value is -3.61. The first-order valence-electron chi connectivity index (χ1n) is 11.0. The molecule has 0 radical (unpaired) electrons. The van der Waals surface area contributed by atoms with Gasteiger partial charge in [0, 0.05) is 22.8 Å². The zero-order chi connectivity index (χ0) is 23.6. The molecule has 6 rings (SSSR count). The van der Waals surface area contributed by atoms with Crippen molar-refractivity contribution in [2.75, 3.05) is 0 Å². The average Bonchev–Trinajstić information content (AvgIpc) is 3.07. The molecule has 0 aliphatic carbocycles. The fourth-order valence-electron chi connectivity index (χ4n) is 4.85. The van der Waals surface area contributed by atoms with Gasteiger partial charge in [-0.05, 0) is 43.7 Å². The molecule has 4 aromatic rings. The SMILES string of the molecule is CC(C)(Oc1ccc2c(c1)Oc1ccccc1C21OS(=O)(=O)c2ccccc21)c1ccccc1. The molecule has 2 heterocycles. The van der Waals surface area contributed by atoms with Crippen LogP contribution in [0.25, 0.3) is 0 Å². The molecule has 6 heteroatoms. The number of para-hydroxylation sites is 1. The topological polar surface area (TPSA) is 61.8 Å². The number of fused-ring (bicyclic) bond motifs is 6. The van der Waals surface area contributed by atoms with E-state index in [9.17, 15) is 8.42 Å². The van der Waals surface area contributed by atoms with Crippen LogP contribution in [0, 0.1) is 0 Å². The molecule has 1 spiro atoms. The average molecular weight is 471 g/mol. The summed E-state index contributed by atoms with van der Waals surface area (Å²) in [6.45, 7) is 4.00. The smallest absolute Gasteiger partial charge is 0.298 e. The molecule has 1 unspecified atom stereocenters. The molecule has 0 aromatic heterocycles. The third-order valence-corrected chi connectivity index (χ3v) is 7.80. The Labute approximate surface area is 198 Å². The first-order chi connectivity index (χ1) is 16.3. The molecule has 1 atom stereocenters. The van der Waals surface area contributed by atoms with Gasteiger partial charge >= 0.3 is 0 Å². The monoisotopic (exact) mass is 470 g/mol. The summed E-state index contributed by atoms with van der Waals surface area (Å²) in [6.07, 6.45) is 0. The second kappa shape index (κ2) is 7.19. The first kappa shape index (κ1) is 21.0. The highest BCUT2D eigenvalue weighted by atomic mass is 32.2. The van der Waals surface area contributed by atoms with Crippen molar-refractivity contribution in [2.45, 2.75) is 29.9 Å². The maximum absolute atomic E-state index is 13.1. The van der Waals surface area contributed by atoms with Gasteiger partial charge < -0.3 is 9.47 Å².